The van der Waals surface area contributed by atoms with Crippen LogP contribution in [-0.4, -0.2) is 59.7 Å². The first-order valence-electron chi connectivity index (χ1n) is 10.6. The second-order valence-corrected chi connectivity index (χ2v) is 8.57. The van der Waals surface area contributed by atoms with Gasteiger partial charge in [0.2, 0.25) is 0 Å². The Morgan fingerprint density at radius 2 is 1.82 bits per heavy atom. The van der Waals surface area contributed by atoms with Crippen molar-refractivity contribution in [1.82, 2.24) is 10.2 Å². The molecule has 1 aliphatic heterocycles. The van der Waals surface area contributed by atoms with Gasteiger partial charge in [0.05, 0.1) is 12.2 Å². The Hall–Kier alpha value is -3.37. The van der Waals surface area contributed by atoms with Crippen molar-refractivity contribution in [3.05, 3.63) is 58.9 Å². The summed E-state index contributed by atoms with van der Waals surface area (Å²) in [7, 11) is 0. The standard InChI is InChI=1S/C23H26ClFN4O5/c24-16-3-6-19(18(11-16)28-22(26)33)34-14-20(30)29-9-7-23(8-10-29,27-13-21(31)32)12-15-1-4-17(25)5-2-15/h1-6,11,27H,7-10,12-14H2,(H,31,32)(H3,26,28,33). The minimum atomic E-state index is -0.978. The maximum absolute atomic E-state index is 13.3. The van der Waals surface area contributed by atoms with E-state index in [0.29, 0.717) is 37.4 Å². The molecular formula is C23H26ClFN4O5. The summed E-state index contributed by atoms with van der Waals surface area (Å²) in [5.74, 6) is -1.32. The van der Waals surface area contributed by atoms with Crippen LogP contribution >= 0.6 is 11.6 Å². The number of carbonyl (C=O) groups excluding carboxylic acids is 2. The molecule has 1 aliphatic rings. The molecule has 0 bridgehead atoms. The first-order valence-corrected chi connectivity index (χ1v) is 11.0. The van der Waals surface area contributed by atoms with Crippen molar-refractivity contribution < 1.29 is 28.6 Å². The van der Waals surface area contributed by atoms with Crippen LogP contribution in [0.25, 0.3) is 0 Å². The van der Waals surface area contributed by atoms with E-state index in [-0.39, 0.29) is 36.3 Å². The first-order chi connectivity index (χ1) is 16.2. The Bertz CT molecular complexity index is 1040. The number of aliphatic carboxylic acids is 1. The zero-order valence-corrected chi connectivity index (χ0v) is 19.1. The fourth-order valence-corrected chi connectivity index (χ4v) is 4.12. The van der Waals surface area contributed by atoms with Crippen LogP contribution in [0.4, 0.5) is 14.9 Å². The third kappa shape index (κ3) is 7.06. The molecule has 5 N–H and O–H groups in total. The molecule has 9 nitrogen and oxygen atoms in total. The topological polar surface area (TPSA) is 134 Å². The maximum atomic E-state index is 13.3. The molecular weight excluding hydrogens is 467 g/mol. The number of primary amides is 1. The summed E-state index contributed by atoms with van der Waals surface area (Å²) in [6, 6.07) is 9.85. The molecule has 0 unspecified atom stereocenters. The van der Waals surface area contributed by atoms with Crippen molar-refractivity contribution in [3.8, 4) is 5.75 Å². The number of nitrogens with one attached hydrogen (secondary N) is 2. The van der Waals surface area contributed by atoms with E-state index in [1.54, 1.807) is 23.1 Å². The number of rotatable bonds is 9. The molecule has 1 fully saturated rings. The van der Waals surface area contributed by atoms with Crippen LogP contribution < -0.4 is 21.1 Å². The van der Waals surface area contributed by atoms with Crippen LogP contribution in [0.3, 0.4) is 0 Å². The van der Waals surface area contributed by atoms with Gasteiger partial charge in [-0.3, -0.25) is 9.59 Å². The summed E-state index contributed by atoms with van der Waals surface area (Å²) in [5.41, 5.74) is 5.75. The summed E-state index contributed by atoms with van der Waals surface area (Å²) in [4.78, 5) is 36.7. The Kier molecular flexibility index (Phi) is 8.30. The zero-order chi connectivity index (χ0) is 24.7. The molecule has 182 valence electrons. The number of ether oxygens (including phenoxy) is 1. The fraction of sp³-hybridized carbons (Fsp3) is 0.348. The van der Waals surface area contributed by atoms with E-state index < -0.39 is 17.5 Å². The quantitative estimate of drug-likeness (QED) is 0.425. The first kappa shape index (κ1) is 25.3. The molecule has 1 heterocycles. The molecule has 0 spiro atoms. The van der Waals surface area contributed by atoms with Crippen molar-refractivity contribution in [2.24, 2.45) is 5.73 Å². The molecule has 3 rings (SSSR count). The lowest BCUT2D eigenvalue weighted by Crippen LogP contribution is -2.57. The fourth-order valence-electron chi connectivity index (χ4n) is 3.95. The summed E-state index contributed by atoms with van der Waals surface area (Å²) in [5, 5.41) is 15.0. The molecule has 0 saturated carbocycles. The molecule has 11 heteroatoms. The van der Waals surface area contributed by atoms with Gasteiger partial charge in [0.1, 0.15) is 11.6 Å². The van der Waals surface area contributed by atoms with E-state index in [2.05, 4.69) is 10.6 Å². The minimum absolute atomic E-state index is 0.218. The molecule has 34 heavy (non-hydrogen) atoms. The maximum Gasteiger partial charge on any atom is 0.317 e. The highest BCUT2D eigenvalue weighted by molar-refractivity contribution is 6.31. The molecule has 1 saturated heterocycles. The van der Waals surface area contributed by atoms with Crippen molar-refractivity contribution in [2.45, 2.75) is 24.8 Å². The number of benzene rings is 2. The number of hydrogen-bond acceptors (Lipinski definition) is 5. The Labute approximate surface area is 201 Å². The second kappa shape index (κ2) is 11.2. The van der Waals surface area contributed by atoms with Gasteiger partial charge in [0, 0.05) is 23.7 Å². The van der Waals surface area contributed by atoms with E-state index in [0.717, 1.165) is 5.56 Å². The summed E-state index contributed by atoms with van der Waals surface area (Å²) in [6.45, 7) is 0.305. The van der Waals surface area contributed by atoms with Gasteiger partial charge in [-0.2, -0.15) is 0 Å². The van der Waals surface area contributed by atoms with E-state index in [1.807, 2.05) is 0 Å². The number of piperidine rings is 1. The summed E-state index contributed by atoms with van der Waals surface area (Å²) >= 11 is 5.94. The predicted octanol–water partition coefficient (Wildman–Crippen LogP) is 2.63. The van der Waals surface area contributed by atoms with Crippen LogP contribution in [0.1, 0.15) is 18.4 Å². The van der Waals surface area contributed by atoms with Crippen LogP contribution in [0.5, 0.6) is 5.75 Å². The van der Waals surface area contributed by atoms with Gasteiger partial charge < -0.3 is 31.1 Å². The number of likely N-dealkylation sites (tertiary alicyclic amines) is 1. The van der Waals surface area contributed by atoms with Crippen LogP contribution in [0.2, 0.25) is 5.02 Å². The van der Waals surface area contributed by atoms with Crippen molar-refractivity contribution in [1.29, 1.82) is 0 Å². The van der Waals surface area contributed by atoms with E-state index >= 15 is 0 Å². The number of anilines is 1. The second-order valence-electron chi connectivity index (χ2n) is 8.13. The zero-order valence-electron chi connectivity index (χ0n) is 18.4. The van der Waals surface area contributed by atoms with Crippen molar-refractivity contribution in [3.63, 3.8) is 0 Å². The number of carboxylic acids is 1. The Morgan fingerprint density at radius 3 is 2.44 bits per heavy atom. The van der Waals surface area contributed by atoms with Gasteiger partial charge in [-0.05, 0) is 55.2 Å². The number of nitrogens with two attached hydrogens (primary N) is 1. The van der Waals surface area contributed by atoms with Crippen LogP contribution in [0.15, 0.2) is 42.5 Å². The molecule has 0 radical (unpaired) electrons. The van der Waals surface area contributed by atoms with E-state index in [1.165, 1.54) is 24.3 Å². The number of urea groups is 1. The number of nitrogens with zero attached hydrogens (tertiary/aromatic N) is 1. The lowest BCUT2D eigenvalue weighted by Gasteiger charge is -2.42. The molecule has 0 atom stereocenters. The highest BCUT2D eigenvalue weighted by Gasteiger charge is 2.36. The molecule has 2 aromatic carbocycles. The number of carboxylic acid groups (broad SMARTS) is 1. The van der Waals surface area contributed by atoms with Gasteiger partial charge in [-0.25, -0.2) is 9.18 Å². The average Bonchev–Trinajstić information content (AvgIpc) is 2.79. The van der Waals surface area contributed by atoms with Crippen molar-refractivity contribution >= 4 is 35.2 Å². The molecule has 2 aromatic rings. The molecule has 0 aromatic heterocycles. The normalized spacial score (nSPS) is 14.9. The van der Waals surface area contributed by atoms with Gasteiger partial charge in [-0.15, -0.1) is 0 Å². The number of halogens is 2. The number of hydrogen-bond donors (Lipinski definition) is 4. The third-order valence-corrected chi connectivity index (χ3v) is 5.93. The van der Waals surface area contributed by atoms with Crippen LogP contribution in [0, 0.1) is 5.82 Å². The van der Waals surface area contributed by atoms with Gasteiger partial charge >= 0.3 is 12.0 Å². The number of amides is 3. The monoisotopic (exact) mass is 492 g/mol. The Morgan fingerprint density at radius 1 is 1.15 bits per heavy atom. The highest BCUT2D eigenvalue weighted by atomic mass is 35.5. The highest BCUT2D eigenvalue weighted by Crippen LogP contribution is 2.29. The van der Waals surface area contributed by atoms with Gasteiger partial charge in [-0.1, -0.05) is 23.7 Å². The van der Waals surface area contributed by atoms with Gasteiger partial charge in [0.25, 0.3) is 5.91 Å². The largest absolute Gasteiger partial charge is 0.482 e. The minimum Gasteiger partial charge on any atom is -0.482 e. The van der Waals surface area contributed by atoms with E-state index in [4.69, 9.17) is 27.2 Å². The molecule has 0 aliphatic carbocycles. The van der Waals surface area contributed by atoms with Crippen molar-refractivity contribution in [2.75, 3.05) is 31.6 Å². The molecule has 3 amide bonds. The van der Waals surface area contributed by atoms with Crippen LogP contribution in [-0.2, 0) is 16.0 Å². The van der Waals surface area contributed by atoms with E-state index in [9.17, 15) is 18.8 Å². The number of carbonyl (C=O) groups is 3. The Balaban J connectivity index is 1.62. The lowest BCUT2D eigenvalue weighted by atomic mass is 9.81. The SMILES string of the molecule is NC(=O)Nc1cc(Cl)ccc1OCC(=O)N1CCC(Cc2ccc(F)cc2)(NCC(=O)O)CC1. The summed E-state index contributed by atoms with van der Waals surface area (Å²) in [6.07, 6.45) is 1.53. The summed E-state index contributed by atoms with van der Waals surface area (Å²) < 4.78 is 18.9. The lowest BCUT2D eigenvalue weighted by molar-refractivity contribution is -0.138. The smallest absolute Gasteiger partial charge is 0.317 e. The van der Waals surface area contributed by atoms with Gasteiger partial charge in [0.15, 0.2) is 6.61 Å². The third-order valence-electron chi connectivity index (χ3n) is 5.69. The predicted molar refractivity (Wildman–Crippen MR) is 124 cm³/mol. The average molecular weight is 493 g/mol.